The van der Waals surface area contributed by atoms with E-state index in [4.69, 9.17) is 21.5 Å². The molecule has 7 nitrogen and oxygen atoms in total. The molecule has 0 bridgehead atoms. The predicted molar refractivity (Wildman–Crippen MR) is 64.4 cm³/mol. The highest BCUT2D eigenvalue weighted by molar-refractivity contribution is 7.12. The van der Waals surface area contributed by atoms with Crippen LogP contribution in [0.5, 0.6) is 0 Å². The van der Waals surface area contributed by atoms with E-state index in [9.17, 15) is 4.79 Å². The smallest absolute Gasteiger partial charge is 0.284 e. The Morgan fingerprint density at radius 2 is 2.11 bits per heavy atom. The molecule has 0 atom stereocenters. The molecular formula is C11H6N6OS. The Balaban J connectivity index is 2.47. The standard InChI is InChI=1S/C11H6N6OS/c12-4-7-9(15)17(16-11(7,5-13)6-14)10(18)8-2-1-3-19-8/h1-3,16H,15H2. The summed E-state index contributed by atoms with van der Waals surface area (Å²) in [6, 6.07) is 8.28. The lowest BCUT2D eigenvalue weighted by atomic mass is 9.96. The van der Waals surface area contributed by atoms with E-state index in [2.05, 4.69) is 5.43 Å². The molecule has 0 saturated carbocycles. The molecule has 3 N–H and O–H groups in total. The fourth-order valence-electron chi connectivity index (χ4n) is 1.59. The van der Waals surface area contributed by atoms with Crippen LogP contribution in [0.3, 0.4) is 0 Å². The minimum Gasteiger partial charge on any atom is -0.383 e. The van der Waals surface area contributed by atoms with Gasteiger partial charge in [0.1, 0.15) is 29.6 Å². The summed E-state index contributed by atoms with van der Waals surface area (Å²) in [4.78, 5) is 12.5. The Hall–Kier alpha value is -2.86. The summed E-state index contributed by atoms with van der Waals surface area (Å²) in [6.07, 6.45) is 0. The van der Waals surface area contributed by atoms with E-state index in [1.165, 1.54) is 11.3 Å². The van der Waals surface area contributed by atoms with Gasteiger partial charge in [-0.2, -0.15) is 21.2 Å². The van der Waals surface area contributed by atoms with Gasteiger partial charge in [0.05, 0.1) is 4.88 Å². The van der Waals surface area contributed by atoms with Crippen LogP contribution < -0.4 is 11.2 Å². The molecule has 8 heteroatoms. The summed E-state index contributed by atoms with van der Waals surface area (Å²) < 4.78 is 0. The predicted octanol–water partition coefficient (Wildman–Crippen LogP) is 0.188. The van der Waals surface area contributed by atoms with Crippen LogP contribution in [0.4, 0.5) is 0 Å². The van der Waals surface area contributed by atoms with Gasteiger partial charge in [-0.25, -0.2) is 5.01 Å². The monoisotopic (exact) mass is 270 g/mol. The number of hydrogen-bond acceptors (Lipinski definition) is 7. The third-order valence-electron chi connectivity index (χ3n) is 2.53. The second-order valence-electron chi connectivity index (χ2n) is 3.58. The second-order valence-corrected chi connectivity index (χ2v) is 4.52. The van der Waals surface area contributed by atoms with E-state index >= 15 is 0 Å². The number of nitrogens with one attached hydrogen (secondary N) is 1. The van der Waals surface area contributed by atoms with Crippen LogP contribution >= 0.6 is 11.3 Å². The molecule has 19 heavy (non-hydrogen) atoms. The summed E-state index contributed by atoms with van der Waals surface area (Å²) in [5, 5.41) is 29.7. The van der Waals surface area contributed by atoms with Crippen molar-refractivity contribution in [1.29, 1.82) is 15.8 Å². The first-order valence-electron chi connectivity index (χ1n) is 4.98. The molecule has 1 aliphatic rings. The quantitative estimate of drug-likeness (QED) is 0.749. The lowest BCUT2D eigenvalue weighted by Gasteiger charge is -2.19. The fourth-order valence-corrected chi connectivity index (χ4v) is 2.24. The lowest BCUT2D eigenvalue weighted by molar-refractivity contribution is 0.0741. The molecule has 1 aromatic heterocycles. The largest absolute Gasteiger partial charge is 0.383 e. The van der Waals surface area contributed by atoms with E-state index in [0.717, 1.165) is 5.01 Å². The van der Waals surface area contributed by atoms with E-state index in [1.54, 1.807) is 35.7 Å². The first kappa shape index (κ1) is 12.6. The minimum absolute atomic E-state index is 0.232. The number of rotatable bonds is 1. The Morgan fingerprint density at radius 3 is 2.53 bits per heavy atom. The first-order chi connectivity index (χ1) is 9.09. The zero-order valence-electron chi connectivity index (χ0n) is 9.41. The topological polar surface area (TPSA) is 130 Å². The van der Waals surface area contributed by atoms with Crippen LogP contribution in [-0.2, 0) is 0 Å². The molecular weight excluding hydrogens is 264 g/mol. The van der Waals surface area contributed by atoms with Crippen LogP contribution in [0.1, 0.15) is 9.67 Å². The number of nitrogens with zero attached hydrogens (tertiary/aromatic N) is 4. The summed E-state index contributed by atoms with van der Waals surface area (Å²) in [7, 11) is 0. The zero-order chi connectivity index (χ0) is 14.0. The molecule has 2 rings (SSSR count). The van der Waals surface area contributed by atoms with Crippen LogP contribution in [0.2, 0.25) is 0 Å². The fraction of sp³-hybridized carbons (Fsp3) is 0.0909. The number of thiophene rings is 1. The van der Waals surface area contributed by atoms with E-state index in [1.807, 2.05) is 0 Å². The zero-order valence-corrected chi connectivity index (χ0v) is 10.2. The highest BCUT2D eigenvalue weighted by Gasteiger charge is 2.48. The van der Waals surface area contributed by atoms with E-state index < -0.39 is 11.4 Å². The van der Waals surface area contributed by atoms with Gasteiger partial charge in [0, 0.05) is 0 Å². The number of nitrogens with two attached hydrogens (primary N) is 1. The third kappa shape index (κ3) is 1.71. The number of hydrazine groups is 1. The maximum atomic E-state index is 12.1. The normalized spacial score (nSPS) is 16.6. The first-order valence-corrected chi connectivity index (χ1v) is 5.86. The molecule has 0 saturated heterocycles. The van der Waals surface area contributed by atoms with Crippen LogP contribution in [-0.4, -0.2) is 16.5 Å². The van der Waals surface area contributed by atoms with Crippen molar-refractivity contribution in [2.24, 2.45) is 5.73 Å². The van der Waals surface area contributed by atoms with Gasteiger partial charge >= 0.3 is 0 Å². The number of hydrogen-bond donors (Lipinski definition) is 2. The maximum Gasteiger partial charge on any atom is 0.284 e. The highest BCUT2D eigenvalue weighted by atomic mass is 32.1. The number of carbonyl (C=O) groups is 1. The Labute approximate surface area is 112 Å². The van der Waals surface area contributed by atoms with Gasteiger partial charge in [-0.1, -0.05) is 6.07 Å². The molecule has 0 aliphatic carbocycles. The molecule has 0 spiro atoms. The SMILES string of the molecule is N#CC1=C(N)N(C(=O)c2cccs2)NC1(C#N)C#N. The van der Waals surface area contributed by atoms with Crippen molar-refractivity contribution in [3.63, 3.8) is 0 Å². The lowest BCUT2D eigenvalue weighted by Crippen LogP contribution is -2.49. The van der Waals surface area contributed by atoms with Gasteiger partial charge in [0.2, 0.25) is 5.54 Å². The van der Waals surface area contributed by atoms with Crippen LogP contribution in [0, 0.1) is 34.0 Å². The van der Waals surface area contributed by atoms with Crippen molar-refractivity contribution >= 4 is 17.2 Å². The van der Waals surface area contributed by atoms with Crippen molar-refractivity contribution in [3.05, 3.63) is 33.8 Å². The molecule has 92 valence electrons. The van der Waals surface area contributed by atoms with E-state index in [0.29, 0.717) is 4.88 Å². The molecule has 1 amide bonds. The van der Waals surface area contributed by atoms with E-state index in [-0.39, 0.29) is 11.4 Å². The average Bonchev–Trinajstić information content (AvgIpc) is 3.04. The molecule has 0 unspecified atom stereocenters. The molecule has 0 aromatic carbocycles. The summed E-state index contributed by atoms with van der Waals surface area (Å²) in [5.74, 6) is -0.753. The minimum atomic E-state index is -1.92. The molecule has 0 fully saturated rings. The number of carbonyl (C=O) groups excluding carboxylic acids is 1. The van der Waals surface area contributed by atoms with Gasteiger partial charge in [0.15, 0.2) is 0 Å². The van der Waals surface area contributed by atoms with Crippen molar-refractivity contribution in [1.82, 2.24) is 10.4 Å². The second kappa shape index (κ2) is 4.43. The van der Waals surface area contributed by atoms with Gasteiger partial charge < -0.3 is 5.73 Å². The number of nitriles is 3. The summed E-state index contributed by atoms with van der Waals surface area (Å²) >= 11 is 1.19. The van der Waals surface area contributed by atoms with Crippen LogP contribution in [0.25, 0.3) is 0 Å². The Kier molecular flexibility index (Phi) is 2.94. The van der Waals surface area contributed by atoms with Crippen molar-refractivity contribution in [2.75, 3.05) is 0 Å². The number of amides is 1. The average molecular weight is 270 g/mol. The van der Waals surface area contributed by atoms with Crippen molar-refractivity contribution < 1.29 is 4.79 Å². The van der Waals surface area contributed by atoms with Crippen molar-refractivity contribution in [2.45, 2.75) is 5.54 Å². The van der Waals surface area contributed by atoms with Crippen molar-refractivity contribution in [3.8, 4) is 18.2 Å². The molecule has 1 aliphatic heterocycles. The Morgan fingerprint density at radius 1 is 1.42 bits per heavy atom. The van der Waals surface area contributed by atoms with Gasteiger partial charge in [-0.15, -0.1) is 11.3 Å². The Bertz CT molecular complexity index is 670. The molecule has 0 radical (unpaired) electrons. The van der Waals surface area contributed by atoms with Gasteiger partial charge in [0.25, 0.3) is 5.91 Å². The summed E-state index contributed by atoms with van der Waals surface area (Å²) in [5.41, 5.74) is 5.86. The van der Waals surface area contributed by atoms with Gasteiger partial charge in [-0.05, 0) is 11.4 Å². The highest BCUT2D eigenvalue weighted by Crippen LogP contribution is 2.27. The molecule has 1 aromatic rings. The molecule has 2 heterocycles. The maximum absolute atomic E-state index is 12.1. The van der Waals surface area contributed by atoms with Crippen LogP contribution in [0.15, 0.2) is 28.9 Å². The summed E-state index contributed by atoms with van der Waals surface area (Å²) in [6.45, 7) is 0. The van der Waals surface area contributed by atoms with Gasteiger partial charge in [-0.3, -0.25) is 4.79 Å². The third-order valence-corrected chi connectivity index (χ3v) is 3.39.